The summed E-state index contributed by atoms with van der Waals surface area (Å²) in [7, 11) is 1.99. The van der Waals surface area contributed by atoms with E-state index in [1.54, 1.807) is 6.07 Å². The zero-order valence-electron chi connectivity index (χ0n) is 12.1. The highest BCUT2D eigenvalue weighted by Gasteiger charge is 2.19. The molecule has 0 aromatic heterocycles. The fourth-order valence-corrected chi connectivity index (χ4v) is 2.63. The van der Waals surface area contributed by atoms with Crippen molar-refractivity contribution in [3.05, 3.63) is 28.8 Å². The van der Waals surface area contributed by atoms with Gasteiger partial charge in [0.2, 0.25) is 5.91 Å². The molecule has 5 heteroatoms. The van der Waals surface area contributed by atoms with Crippen LogP contribution in [0, 0.1) is 6.92 Å². The van der Waals surface area contributed by atoms with Gasteiger partial charge in [-0.2, -0.15) is 0 Å². The molecule has 0 spiro atoms. The SMILES string of the molecule is CNC1CCN(CC(=O)Nc2ccc(C)c(Cl)c2)CC1. The summed E-state index contributed by atoms with van der Waals surface area (Å²) >= 11 is 6.05. The van der Waals surface area contributed by atoms with Crippen molar-refractivity contribution in [2.75, 3.05) is 32.0 Å². The topological polar surface area (TPSA) is 44.4 Å². The predicted molar refractivity (Wildman–Crippen MR) is 83.3 cm³/mol. The average molecular weight is 296 g/mol. The molecule has 1 amide bonds. The van der Waals surface area contributed by atoms with Gasteiger partial charge in [-0.1, -0.05) is 17.7 Å². The number of nitrogens with zero attached hydrogens (tertiary/aromatic N) is 1. The van der Waals surface area contributed by atoms with E-state index in [0.717, 1.165) is 37.2 Å². The van der Waals surface area contributed by atoms with E-state index in [-0.39, 0.29) is 5.91 Å². The van der Waals surface area contributed by atoms with Crippen LogP contribution in [0.4, 0.5) is 5.69 Å². The molecule has 20 heavy (non-hydrogen) atoms. The molecule has 2 rings (SSSR count). The van der Waals surface area contributed by atoms with Crippen LogP contribution < -0.4 is 10.6 Å². The highest BCUT2D eigenvalue weighted by Crippen LogP contribution is 2.20. The van der Waals surface area contributed by atoms with E-state index >= 15 is 0 Å². The van der Waals surface area contributed by atoms with E-state index in [2.05, 4.69) is 15.5 Å². The highest BCUT2D eigenvalue weighted by atomic mass is 35.5. The third-order valence-corrected chi connectivity index (χ3v) is 4.23. The predicted octanol–water partition coefficient (Wildman–Crippen LogP) is 2.27. The Morgan fingerprint density at radius 3 is 2.70 bits per heavy atom. The Kier molecular flexibility index (Phi) is 5.40. The highest BCUT2D eigenvalue weighted by molar-refractivity contribution is 6.31. The number of carbonyl (C=O) groups excluding carboxylic acids is 1. The molecule has 1 aromatic rings. The average Bonchev–Trinajstić information content (AvgIpc) is 2.44. The first-order valence-electron chi connectivity index (χ1n) is 7.04. The van der Waals surface area contributed by atoms with Gasteiger partial charge in [-0.25, -0.2) is 0 Å². The number of nitrogens with one attached hydrogen (secondary N) is 2. The number of hydrogen-bond acceptors (Lipinski definition) is 3. The van der Waals surface area contributed by atoms with Crippen molar-refractivity contribution in [3.63, 3.8) is 0 Å². The van der Waals surface area contributed by atoms with Gasteiger partial charge in [-0.3, -0.25) is 9.69 Å². The molecule has 0 aliphatic carbocycles. The molecule has 110 valence electrons. The second-order valence-corrected chi connectivity index (χ2v) is 5.76. The Labute approximate surface area is 125 Å². The van der Waals surface area contributed by atoms with Gasteiger partial charge < -0.3 is 10.6 Å². The third kappa shape index (κ3) is 4.20. The maximum Gasteiger partial charge on any atom is 0.238 e. The summed E-state index contributed by atoms with van der Waals surface area (Å²) in [5.74, 6) is 0.0211. The smallest absolute Gasteiger partial charge is 0.238 e. The van der Waals surface area contributed by atoms with Crippen LogP contribution in [-0.4, -0.2) is 43.5 Å². The lowest BCUT2D eigenvalue weighted by Crippen LogP contribution is -2.44. The van der Waals surface area contributed by atoms with E-state index in [1.807, 2.05) is 26.1 Å². The van der Waals surface area contributed by atoms with Gasteiger partial charge in [0.05, 0.1) is 6.54 Å². The third-order valence-electron chi connectivity index (χ3n) is 3.82. The number of piperidine rings is 1. The molecule has 0 bridgehead atoms. The number of amides is 1. The second kappa shape index (κ2) is 7.07. The summed E-state index contributed by atoms with van der Waals surface area (Å²) in [5.41, 5.74) is 1.77. The lowest BCUT2D eigenvalue weighted by atomic mass is 10.1. The lowest BCUT2D eigenvalue weighted by Gasteiger charge is -2.31. The minimum atomic E-state index is 0.0211. The van der Waals surface area contributed by atoms with Crippen LogP contribution in [-0.2, 0) is 4.79 Å². The zero-order chi connectivity index (χ0) is 14.5. The van der Waals surface area contributed by atoms with Crippen LogP contribution in [0.3, 0.4) is 0 Å². The van der Waals surface area contributed by atoms with Crippen molar-refractivity contribution in [2.24, 2.45) is 0 Å². The van der Waals surface area contributed by atoms with Gasteiger partial charge in [0.25, 0.3) is 0 Å². The molecule has 4 nitrogen and oxygen atoms in total. The normalized spacial score (nSPS) is 17.1. The molecule has 0 unspecified atom stereocenters. The lowest BCUT2D eigenvalue weighted by molar-refractivity contribution is -0.117. The van der Waals surface area contributed by atoms with Gasteiger partial charge in [0, 0.05) is 29.8 Å². The second-order valence-electron chi connectivity index (χ2n) is 5.35. The Balaban J connectivity index is 1.82. The van der Waals surface area contributed by atoms with Crippen molar-refractivity contribution in [1.82, 2.24) is 10.2 Å². The van der Waals surface area contributed by atoms with Crippen LogP contribution in [0.2, 0.25) is 5.02 Å². The summed E-state index contributed by atoms with van der Waals surface area (Å²) in [6, 6.07) is 6.18. The Morgan fingerprint density at radius 1 is 1.40 bits per heavy atom. The van der Waals surface area contributed by atoms with Crippen molar-refractivity contribution in [3.8, 4) is 0 Å². The number of hydrogen-bond donors (Lipinski definition) is 2. The Morgan fingerprint density at radius 2 is 2.10 bits per heavy atom. The van der Waals surface area contributed by atoms with Crippen molar-refractivity contribution in [2.45, 2.75) is 25.8 Å². The van der Waals surface area contributed by atoms with Crippen LogP contribution in [0.15, 0.2) is 18.2 Å². The molecule has 0 radical (unpaired) electrons. The first kappa shape index (κ1) is 15.3. The van der Waals surface area contributed by atoms with Crippen LogP contribution >= 0.6 is 11.6 Å². The first-order valence-corrected chi connectivity index (χ1v) is 7.42. The number of carbonyl (C=O) groups is 1. The number of anilines is 1. The van der Waals surface area contributed by atoms with E-state index in [4.69, 9.17) is 11.6 Å². The first-order chi connectivity index (χ1) is 9.58. The molecule has 1 heterocycles. The standard InChI is InChI=1S/C15H22ClN3O/c1-11-3-4-13(9-14(11)16)18-15(20)10-19-7-5-12(17-2)6-8-19/h3-4,9,12,17H,5-8,10H2,1-2H3,(H,18,20). The van der Waals surface area contributed by atoms with E-state index in [9.17, 15) is 4.79 Å². The molecule has 2 N–H and O–H groups in total. The summed E-state index contributed by atoms with van der Waals surface area (Å²) < 4.78 is 0. The fourth-order valence-electron chi connectivity index (χ4n) is 2.45. The molecule has 1 saturated heterocycles. The van der Waals surface area contributed by atoms with Crippen LogP contribution in [0.1, 0.15) is 18.4 Å². The molecule has 1 aliphatic rings. The largest absolute Gasteiger partial charge is 0.325 e. The fraction of sp³-hybridized carbons (Fsp3) is 0.533. The Hall–Kier alpha value is -1.10. The molecule has 1 aromatic carbocycles. The summed E-state index contributed by atoms with van der Waals surface area (Å²) in [4.78, 5) is 14.2. The van der Waals surface area contributed by atoms with Crippen LogP contribution in [0.25, 0.3) is 0 Å². The van der Waals surface area contributed by atoms with Gasteiger partial charge in [0.1, 0.15) is 0 Å². The molecular weight excluding hydrogens is 274 g/mol. The zero-order valence-corrected chi connectivity index (χ0v) is 12.8. The van der Waals surface area contributed by atoms with Crippen molar-refractivity contribution in [1.29, 1.82) is 0 Å². The van der Waals surface area contributed by atoms with Gasteiger partial charge in [-0.15, -0.1) is 0 Å². The number of likely N-dealkylation sites (tertiary alicyclic amines) is 1. The quantitative estimate of drug-likeness (QED) is 0.896. The van der Waals surface area contributed by atoms with Crippen molar-refractivity contribution >= 4 is 23.2 Å². The van der Waals surface area contributed by atoms with Gasteiger partial charge >= 0.3 is 0 Å². The molecular formula is C15H22ClN3O. The Bertz CT molecular complexity index is 470. The minimum absolute atomic E-state index is 0.0211. The number of halogens is 1. The number of aryl methyl sites for hydroxylation is 1. The number of rotatable bonds is 4. The molecule has 0 atom stereocenters. The van der Waals surface area contributed by atoms with Gasteiger partial charge in [-0.05, 0) is 44.5 Å². The summed E-state index contributed by atoms with van der Waals surface area (Å²) in [5, 5.41) is 6.87. The van der Waals surface area contributed by atoms with Crippen LogP contribution in [0.5, 0.6) is 0 Å². The van der Waals surface area contributed by atoms with E-state index in [0.29, 0.717) is 17.6 Å². The maximum absolute atomic E-state index is 12.0. The summed E-state index contributed by atoms with van der Waals surface area (Å²) in [6.07, 6.45) is 2.19. The molecule has 1 aliphatic heterocycles. The van der Waals surface area contributed by atoms with E-state index < -0.39 is 0 Å². The number of benzene rings is 1. The molecule has 0 saturated carbocycles. The summed E-state index contributed by atoms with van der Waals surface area (Å²) in [6.45, 7) is 4.32. The van der Waals surface area contributed by atoms with Crippen molar-refractivity contribution < 1.29 is 4.79 Å². The monoisotopic (exact) mass is 295 g/mol. The minimum Gasteiger partial charge on any atom is -0.325 e. The maximum atomic E-state index is 12.0. The molecule has 1 fully saturated rings. The van der Waals surface area contributed by atoms with E-state index in [1.165, 1.54) is 0 Å². The van der Waals surface area contributed by atoms with Gasteiger partial charge in [0.15, 0.2) is 0 Å².